The van der Waals surface area contributed by atoms with E-state index in [-0.39, 0.29) is 0 Å². The fourth-order valence-electron chi connectivity index (χ4n) is 2.28. The van der Waals surface area contributed by atoms with Crippen molar-refractivity contribution in [3.63, 3.8) is 0 Å². The molecule has 0 fully saturated rings. The maximum Gasteiger partial charge on any atom is 0.303 e. The fraction of sp³-hybridized carbons (Fsp3) is 0.933. The van der Waals surface area contributed by atoms with Crippen molar-refractivity contribution in [2.45, 2.75) is 66.2 Å². The van der Waals surface area contributed by atoms with Crippen LogP contribution < -0.4 is 0 Å². The number of quaternary nitrogens is 1. The minimum Gasteiger partial charge on any atom is -0.481 e. The zero-order valence-electron chi connectivity index (χ0n) is 13.2. The van der Waals surface area contributed by atoms with E-state index in [1.165, 1.54) is 43.4 Å². The van der Waals surface area contributed by atoms with E-state index in [0.29, 0.717) is 6.42 Å². The Hall–Kier alpha value is -0.570. The van der Waals surface area contributed by atoms with Crippen molar-refractivity contribution in [2.24, 2.45) is 0 Å². The van der Waals surface area contributed by atoms with Gasteiger partial charge in [-0.2, -0.15) is 0 Å². The molecule has 3 nitrogen and oxygen atoms in total. The molecule has 0 aromatic rings. The third-order valence-electron chi connectivity index (χ3n) is 3.03. The standard InChI is InChI=1S/C10H24N.C5H10O2/c1-5-8-11(4,9-6-2)10-7-3;1-2-3-4-5(6)7/h5-10H2,1-4H3;2-4H2,1H3,(H,6,7)/q+1;. The van der Waals surface area contributed by atoms with Gasteiger partial charge < -0.3 is 9.59 Å². The molecule has 0 aromatic heterocycles. The first-order valence-corrected chi connectivity index (χ1v) is 7.51. The summed E-state index contributed by atoms with van der Waals surface area (Å²) in [6.45, 7) is 12.9. The van der Waals surface area contributed by atoms with Gasteiger partial charge in [-0.05, 0) is 25.7 Å². The molecule has 0 unspecified atom stereocenters. The van der Waals surface area contributed by atoms with E-state index in [2.05, 4.69) is 27.8 Å². The Morgan fingerprint density at radius 3 is 1.44 bits per heavy atom. The second-order valence-corrected chi connectivity index (χ2v) is 5.29. The third-order valence-corrected chi connectivity index (χ3v) is 3.03. The normalized spacial score (nSPS) is 10.7. The van der Waals surface area contributed by atoms with Crippen molar-refractivity contribution in [3.05, 3.63) is 0 Å². The van der Waals surface area contributed by atoms with Gasteiger partial charge in [-0.15, -0.1) is 0 Å². The molecule has 0 spiro atoms. The average Bonchev–Trinajstić information content (AvgIpc) is 2.28. The van der Waals surface area contributed by atoms with Gasteiger partial charge in [-0.3, -0.25) is 4.79 Å². The highest BCUT2D eigenvalue weighted by molar-refractivity contribution is 5.66. The molecule has 18 heavy (non-hydrogen) atoms. The number of hydrogen-bond donors (Lipinski definition) is 1. The Bertz CT molecular complexity index is 176. The zero-order chi connectivity index (χ0) is 14.4. The summed E-state index contributed by atoms with van der Waals surface area (Å²) in [4.78, 5) is 9.76. The molecule has 1 N–H and O–H groups in total. The first-order valence-electron chi connectivity index (χ1n) is 7.51. The van der Waals surface area contributed by atoms with Crippen LogP contribution in [0.5, 0.6) is 0 Å². The molecule has 0 bridgehead atoms. The van der Waals surface area contributed by atoms with E-state index in [9.17, 15) is 4.79 Å². The quantitative estimate of drug-likeness (QED) is 0.638. The first-order chi connectivity index (χ1) is 8.45. The minimum atomic E-state index is -0.693. The summed E-state index contributed by atoms with van der Waals surface area (Å²) in [5, 5.41) is 8.04. The second kappa shape index (κ2) is 12.9. The summed E-state index contributed by atoms with van der Waals surface area (Å²) in [5.41, 5.74) is 0. The lowest BCUT2D eigenvalue weighted by Crippen LogP contribution is -2.45. The van der Waals surface area contributed by atoms with Crippen molar-refractivity contribution in [1.82, 2.24) is 0 Å². The first kappa shape index (κ1) is 19.8. The summed E-state index contributed by atoms with van der Waals surface area (Å²) in [5.74, 6) is -0.693. The summed E-state index contributed by atoms with van der Waals surface area (Å²) < 4.78 is 1.28. The molecule has 0 aromatic carbocycles. The van der Waals surface area contributed by atoms with Gasteiger partial charge in [0.1, 0.15) is 0 Å². The van der Waals surface area contributed by atoms with Gasteiger partial charge in [0.05, 0.1) is 26.7 Å². The lowest BCUT2D eigenvalue weighted by molar-refractivity contribution is -0.909. The van der Waals surface area contributed by atoms with Gasteiger partial charge in [-0.1, -0.05) is 34.1 Å². The van der Waals surface area contributed by atoms with Gasteiger partial charge >= 0.3 is 5.97 Å². The van der Waals surface area contributed by atoms with Crippen LogP contribution in [0.2, 0.25) is 0 Å². The molecule has 0 aliphatic rings. The summed E-state index contributed by atoms with van der Waals surface area (Å²) >= 11 is 0. The molecule has 0 aliphatic heterocycles. The number of nitrogens with zero attached hydrogens (tertiary/aromatic N) is 1. The molecule has 3 heteroatoms. The van der Waals surface area contributed by atoms with Crippen LogP contribution in [0.25, 0.3) is 0 Å². The molecule has 0 atom stereocenters. The topological polar surface area (TPSA) is 37.3 Å². The maximum atomic E-state index is 9.76. The Labute approximate surface area is 114 Å². The van der Waals surface area contributed by atoms with Crippen LogP contribution in [0.4, 0.5) is 0 Å². The highest BCUT2D eigenvalue weighted by Gasteiger charge is 2.16. The van der Waals surface area contributed by atoms with Gasteiger partial charge in [0.2, 0.25) is 0 Å². The molecule has 0 radical (unpaired) electrons. The van der Waals surface area contributed by atoms with E-state index >= 15 is 0 Å². The number of aliphatic carboxylic acids is 1. The molecule has 0 saturated carbocycles. The summed E-state index contributed by atoms with van der Waals surface area (Å²) in [7, 11) is 2.39. The smallest absolute Gasteiger partial charge is 0.303 e. The minimum absolute atomic E-state index is 0.316. The summed E-state index contributed by atoms with van der Waals surface area (Å²) in [6.07, 6.45) is 6.03. The molecule has 0 rings (SSSR count). The number of carboxylic acids is 1. The van der Waals surface area contributed by atoms with Crippen molar-refractivity contribution >= 4 is 5.97 Å². The van der Waals surface area contributed by atoms with Crippen LogP contribution in [0.3, 0.4) is 0 Å². The van der Waals surface area contributed by atoms with Crippen molar-refractivity contribution in [2.75, 3.05) is 26.7 Å². The predicted octanol–water partition coefficient (Wildman–Crippen LogP) is 3.92. The number of unbranched alkanes of at least 4 members (excludes halogenated alkanes) is 1. The molecule has 0 saturated heterocycles. The third kappa shape index (κ3) is 13.5. The lowest BCUT2D eigenvalue weighted by atomic mass is 10.2. The molecular weight excluding hydrogens is 226 g/mol. The Morgan fingerprint density at radius 1 is 0.889 bits per heavy atom. The predicted molar refractivity (Wildman–Crippen MR) is 78.8 cm³/mol. The molecular formula is C15H34NO2+. The van der Waals surface area contributed by atoms with E-state index in [4.69, 9.17) is 5.11 Å². The van der Waals surface area contributed by atoms with Crippen LogP contribution in [0.15, 0.2) is 0 Å². The number of rotatable bonds is 9. The number of carboxylic acid groups (broad SMARTS) is 1. The van der Waals surface area contributed by atoms with Crippen LogP contribution in [-0.2, 0) is 4.79 Å². The van der Waals surface area contributed by atoms with E-state index < -0.39 is 5.97 Å². The lowest BCUT2D eigenvalue weighted by Gasteiger charge is -2.33. The van der Waals surface area contributed by atoms with Crippen molar-refractivity contribution in [1.29, 1.82) is 0 Å². The fourth-order valence-corrected chi connectivity index (χ4v) is 2.28. The van der Waals surface area contributed by atoms with Gasteiger partial charge in [0.15, 0.2) is 0 Å². The zero-order valence-corrected chi connectivity index (χ0v) is 13.2. The number of hydrogen-bond acceptors (Lipinski definition) is 1. The van der Waals surface area contributed by atoms with Crippen molar-refractivity contribution < 1.29 is 14.4 Å². The van der Waals surface area contributed by atoms with Crippen LogP contribution >= 0.6 is 0 Å². The van der Waals surface area contributed by atoms with Gasteiger partial charge in [0.25, 0.3) is 0 Å². The molecule has 0 aliphatic carbocycles. The summed E-state index contributed by atoms with van der Waals surface area (Å²) in [6, 6.07) is 0. The van der Waals surface area contributed by atoms with Crippen LogP contribution in [-0.4, -0.2) is 42.2 Å². The SMILES string of the molecule is CCCCC(=O)O.CCC[N+](C)(CCC)CCC. The largest absolute Gasteiger partial charge is 0.481 e. The van der Waals surface area contributed by atoms with E-state index in [0.717, 1.165) is 12.8 Å². The van der Waals surface area contributed by atoms with Gasteiger partial charge in [-0.25, -0.2) is 0 Å². The van der Waals surface area contributed by atoms with Gasteiger partial charge in [0, 0.05) is 6.42 Å². The van der Waals surface area contributed by atoms with Crippen LogP contribution in [0, 0.1) is 0 Å². The number of carbonyl (C=O) groups is 1. The monoisotopic (exact) mass is 260 g/mol. The van der Waals surface area contributed by atoms with E-state index in [1.54, 1.807) is 0 Å². The Kier molecular flexibility index (Phi) is 14.1. The average molecular weight is 260 g/mol. The Morgan fingerprint density at radius 2 is 1.28 bits per heavy atom. The van der Waals surface area contributed by atoms with E-state index in [1.807, 2.05) is 6.92 Å². The molecule has 0 amide bonds. The maximum absolute atomic E-state index is 9.76. The Balaban J connectivity index is 0. The molecule has 0 heterocycles. The van der Waals surface area contributed by atoms with Crippen molar-refractivity contribution in [3.8, 4) is 0 Å². The second-order valence-electron chi connectivity index (χ2n) is 5.29. The van der Waals surface area contributed by atoms with Crippen LogP contribution in [0.1, 0.15) is 66.2 Å². The molecule has 110 valence electrons. The highest BCUT2D eigenvalue weighted by Crippen LogP contribution is 2.06. The highest BCUT2D eigenvalue weighted by atomic mass is 16.4.